The van der Waals surface area contributed by atoms with E-state index in [9.17, 15) is 13.2 Å². The van der Waals surface area contributed by atoms with Crippen LogP contribution >= 0.6 is 0 Å². The molecule has 0 bridgehead atoms. The molecular weight excluding hydrogens is 318 g/mol. The van der Waals surface area contributed by atoms with Crippen LogP contribution < -0.4 is 5.32 Å². The number of sulfonamides is 1. The second-order valence-electron chi connectivity index (χ2n) is 6.43. The average molecular weight is 341 g/mol. The van der Waals surface area contributed by atoms with E-state index in [0.29, 0.717) is 19.5 Å². The van der Waals surface area contributed by atoms with Gasteiger partial charge in [-0.25, -0.2) is 13.4 Å². The van der Waals surface area contributed by atoms with E-state index in [-0.39, 0.29) is 17.9 Å². The van der Waals surface area contributed by atoms with Crippen LogP contribution in [0.3, 0.4) is 0 Å². The Bertz CT molecular complexity index is 701. The van der Waals surface area contributed by atoms with Crippen molar-refractivity contribution >= 4 is 15.9 Å². The molecule has 1 amide bonds. The van der Waals surface area contributed by atoms with Crippen LogP contribution in [0.4, 0.5) is 0 Å². The van der Waals surface area contributed by atoms with E-state index >= 15 is 0 Å². The van der Waals surface area contributed by atoms with E-state index in [2.05, 4.69) is 15.2 Å². The Hall–Kier alpha value is -1.45. The molecule has 2 saturated heterocycles. The number of aryl methyl sites for hydroxylation is 1. The number of amides is 1. The quantitative estimate of drug-likeness (QED) is 0.759. The van der Waals surface area contributed by atoms with Crippen molar-refractivity contribution in [3.63, 3.8) is 0 Å². The Morgan fingerprint density at radius 3 is 2.74 bits per heavy atom. The summed E-state index contributed by atoms with van der Waals surface area (Å²) in [5.41, 5.74) is 0. The molecule has 2 aliphatic rings. The zero-order valence-electron chi connectivity index (χ0n) is 13.6. The molecule has 0 aliphatic carbocycles. The van der Waals surface area contributed by atoms with Crippen molar-refractivity contribution in [2.75, 3.05) is 26.4 Å². The van der Waals surface area contributed by atoms with Crippen molar-refractivity contribution in [2.45, 2.75) is 25.0 Å². The molecule has 3 atom stereocenters. The molecule has 0 spiro atoms. The number of likely N-dealkylation sites (tertiary alicyclic amines) is 1. The zero-order chi connectivity index (χ0) is 16.8. The smallest absolute Gasteiger partial charge is 0.238 e. The minimum Gasteiger partial charge on any atom is -0.358 e. The molecule has 0 unspecified atom stereocenters. The third kappa shape index (κ3) is 3.00. The number of carbonyl (C=O) groups is 1. The van der Waals surface area contributed by atoms with Gasteiger partial charge in [-0.1, -0.05) is 0 Å². The standard InChI is InChI=1S/C14H23N5O3S/c1-15-14(20)11-6-10-7-18(9-13-16-4-5-17(13)2)8-12(10)19(11)23(3,21)22/h4-5,10-12H,6-9H2,1-3H3,(H,15,20)/t10-,11-,12+/m1/s1. The molecule has 128 valence electrons. The highest BCUT2D eigenvalue weighted by Gasteiger charge is 2.52. The summed E-state index contributed by atoms with van der Waals surface area (Å²) in [4.78, 5) is 18.6. The van der Waals surface area contributed by atoms with Gasteiger partial charge < -0.3 is 9.88 Å². The first kappa shape index (κ1) is 16.4. The molecule has 3 heterocycles. The number of carbonyl (C=O) groups excluding carboxylic acids is 1. The molecule has 2 aliphatic heterocycles. The van der Waals surface area contributed by atoms with E-state index in [1.807, 2.05) is 17.8 Å². The van der Waals surface area contributed by atoms with Crippen molar-refractivity contribution < 1.29 is 13.2 Å². The first-order valence-electron chi connectivity index (χ1n) is 7.70. The van der Waals surface area contributed by atoms with E-state index in [4.69, 9.17) is 0 Å². The van der Waals surface area contributed by atoms with Crippen LogP contribution in [0.1, 0.15) is 12.2 Å². The van der Waals surface area contributed by atoms with Gasteiger partial charge in [0.25, 0.3) is 0 Å². The van der Waals surface area contributed by atoms with Crippen LogP contribution in [0.25, 0.3) is 0 Å². The van der Waals surface area contributed by atoms with Crippen molar-refractivity contribution in [3.8, 4) is 0 Å². The minimum atomic E-state index is -3.43. The van der Waals surface area contributed by atoms with Gasteiger partial charge in [0.2, 0.25) is 15.9 Å². The van der Waals surface area contributed by atoms with Gasteiger partial charge in [0, 0.05) is 45.6 Å². The summed E-state index contributed by atoms with van der Waals surface area (Å²) < 4.78 is 27.8. The molecule has 1 aromatic heterocycles. The zero-order valence-corrected chi connectivity index (χ0v) is 14.5. The molecule has 0 aromatic carbocycles. The van der Waals surface area contributed by atoms with Crippen LogP contribution in [0.2, 0.25) is 0 Å². The fourth-order valence-corrected chi connectivity index (χ4v) is 5.20. The minimum absolute atomic E-state index is 0.132. The number of rotatable bonds is 4. The highest BCUT2D eigenvalue weighted by atomic mass is 32.2. The van der Waals surface area contributed by atoms with Gasteiger partial charge in [-0.15, -0.1) is 0 Å². The Balaban J connectivity index is 1.77. The highest BCUT2D eigenvalue weighted by molar-refractivity contribution is 7.88. The average Bonchev–Trinajstić information content (AvgIpc) is 3.11. The molecule has 1 N–H and O–H groups in total. The summed E-state index contributed by atoms with van der Waals surface area (Å²) >= 11 is 0. The van der Waals surface area contributed by atoms with E-state index in [1.54, 1.807) is 13.2 Å². The van der Waals surface area contributed by atoms with Gasteiger partial charge >= 0.3 is 0 Å². The van der Waals surface area contributed by atoms with Crippen molar-refractivity contribution in [1.29, 1.82) is 0 Å². The SMILES string of the molecule is CNC(=O)[C@H]1C[C@@H]2CN(Cc3nccn3C)C[C@@H]2N1S(C)(=O)=O. The third-order valence-electron chi connectivity index (χ3n) is 4.86. The van der Waals surface area contributed by atoms with Crippen LogP contribution in [0.5, 0.6) is 0 Å². The topological polar surface area (TPSA) is 87.5 Å². The van der Waals surface area contributed by atoms with E-state index < -0.39 is 16.1 Å². The molecule has 0 radical (unpaired) electrons. The van der Waals surface area contributed by atoms with E-state index in [0.717, 1.165) is 12.4 Å². The van der Waals surface area contributed by atoms with Crippen molar-refractivity contribution in [1.82, 2.24) is 24.1 Å². The fourth-order valence-electron chi connectivity index (χ4n) is 3.83. The number of imidazole rings is 1. The maximum atomic E-state index is 12.2. The number of fused-ring (bicyclic) bond motifs is 1. The Labute approximate surface area is 136 Å². The van der Waals surface area contributed by atoms with Gasteiger partial charge in [-0.2, -0.15) is 4.31 Å². The molecule has 0 saturated carbocycles. The van der Waals surface area contributed by atoms with Crippen molar-refractivity contribution in [3.05, 3.63) is 18.2 Å². The molecule has 23 heavy (non-hydrogen) atoms. The summed E-state index contributed by atoms with van der Waals surface area (Å²) in [5.74, 6) is 0.923. The first-order valence-corrected chi connectivity index (χ1v) is 9.54. The molecule has 1 aromatic rings. The van der Waals surface area contributed by atoms with Gasteiger partial charge in [0.05, 0.1) is 12.8 Å². The predicted molar refractivity (Wildman–Crippen MR) is 84.9 cm³/mol. The van der Waals surface area contributed by atoms with Gasteiger partial charge in [-0.3, -0.25) is 9.69 Å². The summed E-state index contributed by atoms with van der Waals surface area (Å²) in [6.07, 6.45) is 5.43. The van der Waals surface area contributed by atoms with Crippen LogP contribution in [0.15, 0.2) is 12.4 Å². The van der Waals surface area contributed by atoms with Gasteiger partial charge in [0.1, 0.15) is 11.9 Å². The largest absolute Gasteiger partial charge is 0.358 e. The van der Waals surface area contributed by atoms with Crippen LogP contribution in [0, 0.1) is 5.92 Å². The molecule has 3 rings (SSSR count). The number of hydrogen-bond donors (Lipinski definition) is 1. The first-order chi connectivity index (χ1) is 10.8. The molecule has 8 nitrogen and oxygen atoms in total. The lowest BCUT2D eigenvalue weighted by molar-refractivity contribution is -0.124. The maximum Gasteiger partial charge on any atom is 0.238 e. The van der Waals surface area contributed by atoms with Gasteiger partial charge in [0.15, 0.2) is 0 Å². The third-order valence-corrected chi connectivity index (χ3v) is 6.15. The number of aromatic nitrogens is 2. The number of likely N-dealkylation sites (N-methyl/N-ethyl adjacent to an activating group) is 1. The normalized spacial score (nSPS) is 28.9. The van der Waals surface area contributed by atoms with Crippen molar-refractivity contribution in [2.24, 2.45) is 13.0 Å². The van der Waals surface area contributed by atoms with Crippen LogP contribution in [-0.4, -0.2) is 71.6 Å². The number of hydrogen-bond acceptors (Lipinski definition) is 5. The number of nitrogens with one attached hydrogen (secondary N) is 1. The molecule has 9 heteroatoms. The van der Waals surface area contributed by atoms with Gasteiger partial charge in [-0.05, 0) is 12.3 Å². The molecule has 2 fully saturated rings. The predicted octanol–water partition coefficient (Wildman–Crippen LogP) is -1.000. The Morgan fingerprint density at radius 1 is 1.43 bits per heavy atom. The van der Waals surface area contributed by atoms with Crippen LogP contribution in [-0.2, 0) is 28.4 Å². The Kier molecular flexibility index (Phi) is 4.19. The highest BCUT2D eigenvalue weighted by Crippen LogP contribution is 2.37. The fraction of sp³-hybridized carbons (Fsp3) is 0.714. The summed E-state index contributed by atoms with van der Waals surface area (Å²) in [5, 5.41) is 2.58. The lowest BCUT2D eigenvalue weighted by Crippen LogP contribution is -2.49. The second-order valence-corrected chi connectivity index (χ2v) is 8.32. The molecular formula is C14H23N5O3S. The second kappa shape index (κ2) is 5.88. The maximum absolute atomic E-state index is 12.2. The summed E-state index contributed by atoms with van der Waals surface area (Å²) in [6, 6.07) is -0.715. The summed E-state index contributed by atoms with van der Waals surface area (Å²) in [7, 11) is 0.0643. The number of nitrogens with zero attached hydrogens (tertiary/aromatic N) is 4. The summed E-state index contributed by atoms with van der Waals surface area (Å²) in [6.45, 7) is 2.12. The Morgan fingerprint density at radius 2 is 2.17 bits per heavy atom. The monoisotopic (exact) mass is 341 g/mol. The lowest BCUT2D eigenvalue weighted by atomic mass is 10.0. The van der Waals surface area contributed by atoms with E-state index in [1.165, 1.54) is 10.6 Å². The lowest BCUT2D eigenvalue weighted by Gasteiger charge is -2.27.